The zero-order valence-corrected chi connectivity index (χ0v) is 20.7. The van der Waals surface area contributed by atoms with E-state index in [0.29, 0.717) is 6.42 Å². The third-order valence-corrected chi connectivity index (χ3v) is 6.61. The third kappa shape index (κ3) is 5.99. The third-order valence-electron chi connectivity index (χ3n) is 6.61. The number of benzene rings is 5. The van der Waals surface area contributed by atoms with Crippen molar-refractivity contribution >= 4 is 11.5 Å². The highest BCUT2D eigenvalue weighted by atomic mass is 16.1. The molecule has 0 N–H and O–H groups in total. The number of carbonyl (C=O) groups excluding carboxylic acids is 1. The summed E-state index contributed by atoms with van der Waals surface area (Å²) in [6.45, 7) is 0. The lowest BCUT2D eigenvalue weighted by Crippen LogP contribution is -2.17. The Labute approximate surface area is 219 Å². The van der Waals surface area contributed by atoms with Crippen LogP contribution in [0.3, 0.4) is 0 Å². The molecule has 0 amide bonds. The van der Waals surface area contributed by atoms with Gasteiger partial charge in [-0.3, -0.25) is 9.79 Å². The Kier molecular flexibility index (Phi) is 7.78. The molecule has 0 unspecified atom stereocenters. The quantitative estimate of drug-likeness (QED) is 0.154. The Morgan fingerprint density at radius 2 is 0.865 bits per heavy atom. The molecule has 0 bridgehead atoms. The van der Waals surface area contributed by atoms with Crippen molar-refractivity contribution in [3.63, 3.8) is 0 Å². The first-order valence-electron chi connectivity index (χ1n) is 12.7. The average Bonchev–Trinajstić information content (AvgIpc) is 2.99. The van der Waals surface area contributed by atoms with Crippen LogP contribution in [0, 0.1) is 0 Å². The van der Waals surface area contributed by atoms with Crippen molar-refractivity contribution in [2.75, 3.05) is 0 Å². The SMILES string of the molecule is O=C(C[C@@H](c1ccccc1)[C@H](N=C(c1ccccc1)c1ccccc1)c1ccccc1)c1ccccc1. The summed E-state index contributed by atoms with van der Waals surface area (Å²) in [6, 6.07) is 50.5. The maximum Gasteiger partial charge on any atom is 0.163 e. The topological polar surface area (TPSA) is 29.4 Å². The van der Waals surface area contributed by atoms with Crippen LogP contribution in [0.1, 0.15) is 51.0 Å². The molecule has 2 heteroatoms. The molecule has 0 aliphatic rings. The Balaban J connectivity index is 1.68. The molecule has 5 rings (SSSR count). The molecule has 0 saturated carbocycles. The number of aliphatic imine (C=N–C) groups is 1. The molecule has 0 radical (unpaired) electrons. The van der Waals surface area contributed by atoms with Gasteiger partial charge < -0.3 is 0 Å². The van der Waals surface area contributed by atoms with E-state index in [9.17, 15) is 4.79 Å². The fraction of sp³-hybridized carbons (Fsp3) is 0.0857. The minimum atomic E-state index is -0.258. The molecule has 0 heterocycles. The van der Waals surface area contributed by atoms with Crippen LogP contribution in [0.5, 0.6) is 0 Å². The average molecular weight is 480 g/mol. The highest BCUT2D eigenvalue weighted by molar-refractivity contribution is 6.13. The summed E-state index contributed by atoms with van der Waals surface area (Å²) in [5.74, 6) is -0.0229. The van der Waals surface area contributed by atoms with E-state index in [1.807, 2.05) is 103 Å². The molecule has 0 fully saturated rings. The van der Waals surface area contributed by atoms with Gasteiger partial charge in [0.25, 0.3) is 0 Å². The van der Waals surface area contributed by atoms with Crippen LogP contribution in [0.15, 0.2) is 157 Å². The maximum atomic E-state index is 13.5. The number of nitrogens with zero attached hydrogens (tertiary/aromatic N) is 1. The molecule has 2 atom stereocenters. The lowest BCUT2D eigenvalue weighted by molar-refractivity contribution is 0.0969. The maximum absolute atomic E-state index is 13.5. The molecular formula is C35H29NO. The van der Waals surface area contributed by atoms with Gasteiger partial charge in [0.2, 0.25) is 0 Å². The van der Waals surface area contributed by atoms with Crippen molar-refractivity contribution in [3.8, 4) is 0 Å². The van der Waals surface area contributed by atoms with E-state index in [1.165, 1.54) is 0 Å². The van der Waals surface area contributed by atoms with Crippen LogP contribution in [-0.2, 0) is 0 Å². The Morgan fingerprint density at radius 1 is 0.486 bits per heavy atom. The Bertz CT molecular complexity index is 1390. The van der Waals surface area contributed by atoms with Crippen LogP contribution >= 0.6 is 0 Å². The molecule has 0 spiro atoms. The van der Waals surface area contributed by atoms with Crippen molar-refractivity contribution in [3.05, 3.63) is 179 Å². The second-order valence-electron chi connectivity index (χ2n) is 9.08. The van der Waals surface area contributed by atoms with E-state index >= 15 is 0 Å². The van der Waals surface area contributed by atoms with Crippen molar-refractivity contribution in [1.29, 1.82) is 0 Å². The summed E-state index contributed by atoms with van der Waals surface area (Å²) in [4.78, 5) is 19.0. The number of hydrogen-bond acceptors (Lipinski definition) is 2. The Hall–Kier alpha value is -4.56. The van der Waals surface area contributed by atoms with Gasteiger partial charge in [-0.1, -0.05) is 152 Å². The number of ketones is 1. The van der Waals surface area contributed by atoms with Crippen molar-refractivity contribution in [2.45, 2.75) is 18.4 Å². The van der Waals surface area contributed by atoms with E-state index in [2.05, 4.69) is 48.5 Å². The summed E-state index contributed by atoms with van der Waals surface area (Å²) in [6.07, 6.45) is 0.355. The van der Waals surface area contributed by atoms with Gasteiger partial charge in [0.1, 0.15) is 0 Å². The molecule has 5 aromatic carbocycles. The van der Waals surface area contributed by atoms with Crippen molar-refractivity contribution in [2.24, 2.45) is 4.99 Å². The fourth-order valence-electron chi connectivity index (χ4n) is 4.75. The molecule has 37 heavy (non-hydrogen) atoms. The van der Waals surface area contributed by atoms with Crippen LogP contribution in [0.4, 0.5) is 0 Å². The smallest absolute Gasteiger partial charge is 0.163 e. The minimum absolute atomic E-state index is 0.117. The van der Waals surface area contributed by atoms with E-state index in [4.69, 9.17) is 4.99 Å². The zero-order valence-electron chi connectivity index (χ0n) is 20.7. The molecule has 5 aromatic rings. The summed E-state index contributed by atoms with van der Waals surface area (Å²) >= 11 is 0. The molecule has 2 nitrogen and oxygen atoms in total. The largest absolute Gasteiger partial charge is 0.294 e. The molecule has 180 valence electrons. The van der Waals surface area contributed by atoms with Gasteiger partial charge in [0.15, 0.2) is 5.78 Å². The summed E-state index contributed by atoms with van der Waals surface area (Å²) in [7, 11) is 0. The van der Waals surface area contributed by atoms with Crippen LogP contribution in [-0.4, -0.2) is 11.5 Å². The van der Waals surface area contributed by atoms with Gasteiger partial charge in [-0.05, 0) is 11.1 Å². The molecule has 0 aliphatic heterocycles. The Morgan fingerprint density at radius 3 is 1.32 bits per heavy atom. The molecule has 0 saturated heterocycles. The molecule has 0 aromatic heterocycles. The lowest BCUT2D eigenvalue weighted by atomic mass is 9.82. The fourth-order valence-corrected chi connectivity index (χ4v) is 4.75. The van der Waals surface area contributed by atoms with Crippen LogP contribution in [0.2, 0.25) is 0 Å². The van der Waals surface area contributed by atoms with Gasteiger partial charge >= 0.3 is 0 Å². The molecule has 0 aliphatic carbocycles. The van der Waals surface area contributed by atoms with Crippen LogP contribution in [0.25, 0.3) is 0 Å². The highest BCUT2D eigenvalue weighted by Gasteiger charge is 2.28. The van der Waals surface area contributed by atoms with Gasteiger partial charge in [0, 0.05) is 29.0 Å². The number of rotatable bonds is 9. The summed E-state index contributed by atoms with van der Waals surface area (Å²) < 4.78 is 0. The van der Waals surface area contributed by atoms with E-state index in [1.54, 1.807) is 0 Å². The lowest BCUT2D eigenvalue weighted by Gasteiger charge is -2.26. The van der Waals surface area contributed by atoms with Gasteiger partial charge in [-0.25, -0.2) is 0 Å². The molecular weight excluding hydrogens is 450 g/mol. The number of hydrogen-bond donors (Lipinski definition) is 0. The first-order chi connectivity index (χ1) is 18.3. The van der Waals surface area contributed by atoms with Crippen LogP contribution < -0.4 is 0 Å². The zero-order chi connectivity index (χ0) is 25.3. The summed E-state index contributed by atoms with van der Waals surface area (Å²) in [5.41, 5.74) is 5.94. The normalized spacial score (nSPS) is 12.3. The predicted octanol–water partition coefficient (Wildman–Crippen LogP) is 8.32. The van der Waals surface area contributed by atoms with E-state index in [-0.39, 0.29) is 17.7 Å². The number of Topliss-reactive ketones (excluding diaryl/α,β-unsaturated/α-hetero) is 1. The highest BCUT2D eigenvalue weighted by Crippen LogP contribution is 2.38. The van der Waals surface area contributed by atoms with Crippen molar-refractivity contribution < 1.29 is 4.79 Å². The standard InChI is InChI=1S/C35H29NO/c37-33(28-18-8-2-9-19-28)26-32(27-16-6-1-7-17-27)35(31-24-14-5-15-25-31)36-34(29-20-10-3-11-21-29)30-22-12-4-13-23-30/h1-25,32,35H,26H2/t32-,35+/m0/s1. The second-order valence-corrected chi connectivity index (χ2v) is 9.08. The van der Waals surface area contributed by atoms with Gasteiger partial charge in [-0.2, -0.15) is 0 Å². The first-order valence-corrected chi connectivity index (χ1v) is 12.7. The minimum Gasteiger partial charge on any atom is -0.294 e. The number of carbonyl (C=O) groups is 1. The van der Waals surface area contributed by atoms with Crippen molar-refractivity contribution in [1.82, 2.24) is 0 Å². The van der Waals surface area contributed by atoms with Gasteiger partial charge in [0.05, 0.1) is 11.8 Å². The van der Waals surface area contributed by atoms with E-state index < -0.39 is 0 Å². The first kappa shape index (κ1) is 24.1. The monoisotopic (exact) mass is 479 g/mol. The predicted molar refractivity (Wildman–Crippen MR) is 152 cm³/mol. The summed E-state index contributed by atoms with van der Waals surface area (Å²) in [5, 5.41) is 0. The second kappa shape index (κ2) is 11.9. The van der Waals surface area contributed by atoms with E-state index in [0.717, 1.165) is 33.5 Å². The van der Waals surface area contributed by atoms with Gasteiger partial charge in [-0.15, -0.1) is 0 Å².